The lowest BCUT2D eigenvalue weighted by Gasteiger charge is -2.25. The maximum atomic E-state index is 13.6. The van der Waals surface area contributed by atoms with Gasteiger partial charge in [0.15, 0.2) is 11.7 Å². The molecule has 5 rings (SSSR count). The molecule has 1 N–H and O–H groups in total. The van der Waals surface area contributed by atoms with E-state index in [1.165, 1.54) is 23.5 Å². The summed E-state index contributed by atoms with van der Waals surface area (Å²) in [7, 11) is 0. The second-order valence-electron chi connectivity index (χ2n) is 6.17. The van der Waals surface area contributed by atoms with Gasteiger partial charge in [0.25, 0.3) is 0 Å². The Morgan fingerprint density at radius 3 is 2.96 bits per heavy atom. The van der Waals surface area contributed by atoms with Gasteiger partial charge in [0.05, 0.1) is 21.2 Å². The molecule has 0 fully saturated rings. The van der Waals surface area contributed by atoms with Crippen LogP contribution in [0.2, 0.25) is 5.02 Å². The maximum Gasteiger partial charge on any atom is 0.417 e. The zero-order chi connectivity index (χ0) is 18.0. The first-order chi connectivity index (χ1) is 12.5. The number of oxazole rings is 1. The van der Waals surface area contributed by atoms with Crippen LogP contribution >= 0.6 is 22.9 Å². The molecule has 26 heavy (non-hydrogen) atoms. The Balaban J connectivity index is 1.76. The van der Waals surface area contributed by atoms with E-state index in [1.54, 1.807) is 12.1 Å². The first-order valence-corrected chi connectivity index (χ1v) is 9.08. The topological polar surface area (TPSA) is 55.2 Å². The predicted octanol–water partition coefficient (Wildman–Crippen LogP) is 5.61. The number of thiophene rings is 1. The van der Waals surface area contributed by atoms with Crippen molar-refractivity contribution in [3.8, 4) is 0 Å². The Hall–Kier alpha value is -2.57. The molecule has 0 amide bonds. The van der Waals surface area contributed by atoms with E-state index in [1.807, 2.05) is 19.1 Å². The van der Waals surface area contributed by atoms with E-state index in [0.29, 0.717) is 16.1 Å². The normalized spacial score (nSPS) is 16.6. The largest absolute Gasteiger partial charge is 0.485 e. The third-order valence-corrected chi connectivity index (χ3v) is 6.14. The summed E-state index contributed by atoms with van der Waals surface area (Å²) in [5, 5.41) is 1.34. The summed E-state index contributed by atoms with van der Waals surface area (Å²) in [6.45, 7) is 1.86. The molecule has 130 valence electrons. The van der Waals surface area contributed by atoms with Crippen LogP contribution in [0.15, 0.2) is 45.3 Å². The molecular weight excluding hydrogens is 377 g/mol. The van der Waals surface area contributed by atoms with Crippen LogP contribution in [0, 0.1) is 5.82 Å². The van der Waals surface area contributed by atoms with Gasteiger partial charge in [0.1, 0.15) is 5.82 Å². The minimum Gasteiger partial charge on any atom is -0.485 e. The molecule has 0 spiro atoms. The molecule has 3 heterocycles. The van der Waals surface area contributed by atoms with Crippen molar-refractivity contribution >= 4 is 50.2 Å². The van der Waals surface area contributed by atoms with Crippen LogP contribution in [0.4, 0.5) is 4.39 Å². The lowest BCUT2D eigenvalue weighted by Crippen LogP contribution is -2.10. The average Bonchev–Trinajstić information content (AvgIpc) is 3.10. The number of allylic oxidation sites excluding steroid dienone is 1. The van der Waals surface area contributed by atoms with Gasteiger partial charge in [0, 0.05) is 15.6 Å². The Kier molecular flexibility index (Phi) is 3.29. The monoisotopic (exact) mass is 387 g/mol. The van der Waals surface area contributed by atoms with Gasteiger partial charge in [-0.3, -0.25) is 4.98 Å². The van der Waals surface area contributed by atoms with Crippen LogP contribution in [0.5, 0.6) is 0 Å². The predicted molar refractivity (Wildman–Crippen MR) is 100 cm³/mol. The van der Waals surface area contributed by atoms with Crippen molar-refractivity contribution in [1.29, 1.82) is 0 Å². The van der Waals surface area contributed by atoms with E-state index in [2.05, 4.69) is 4.98 Å². The first-order valence-electron chi connectivity index (χ1n) is 7.89. The Bertz CT molecular complexity index is 1280. The summed E-state index contributed by atoms with van der Waals surface area (Å²) in [5.41, 5.74) is 2.85. The van der Waals surface area contributed by atoms with Crippen molar-refractivity contribution < 1.29 is 13.5 Å². The summed E-state index contributed by atoms with van der Waals surface area (Å²) in [6, 6.07) is 8.18. The average molecular weight is 388 g/mol. The second-order valence-corrected chi connectivity index (χ2v) is 7.63. The lowest BCUT2D eigenvalue weighted by atomic mass is 9.97. The van der Waals surface area contributed by atoms with Gasteiger partial charge in [-0.1, -0.05) is 11.6 Å². The zero-order valence-corrected chi connectivity index (χ0v) is 15.0. The van der Waals surface area contributed by atoms with Crippen LogP contribution in [-0.2, 0) is 4.74 Å². The molecule has 0 aliphatic carbocycles. The molecule has 1 unspecified atom stereocenters. The minimum absolute atomic E-state index is 0.307. The molecule has 1 atom stereocenters. The van der Waals surface area contributed by atoms with Gasteiger partial charge in [-0.25, -0.2) is 9.18 Å². The molecule has 7 heteroatoms. The molecule has 0 radical (unpaired) electrons. The Labute approximate surface area is 155 Å². The number of aromatic nitrogens is 1. The number of aromatic amines is 1. The fourth-order valence-corrected chi connectivity index (χ4v) is 4.91. The van der Waals surface area contributed by atoms with Crippen LogP contribution in [0.25, 0.3) is 27.3 Å². The highest BCUT2D eigenvalue weighted by Crippen LogP contribution is 2.46. The number of fused-ring (bicyclic) bond motifs is 3. The highest BCUT2D eigenvalue weighted by atomic mass is 35.5. The van der Waals surface area contributed by atoms with Gasteiger partial charge in [0.2, 0.25) is 0 Å². The molecule has 2 aromatic heterocycles. The van der Waals surface area contributed by atoms with Gasteiger partial charge in [-0.2, -0.15) is 0 Å². The summed E-state index contributed by atoms with van der Waals surface area (Å²) >= 11 is 7.98. The highest BCUT2D eigenvalue weighted by Gasteiger charge is 2.29. The summed E-state index contributed by atoms with van der Waals surface area (Å²) in [6.07, 6.45) is 1.45. The van der Waals surface area contributed by atoms with Crippen molar-refractivity contribution in [3.05, 3.63) is 73.5 Å². The summed E-state index contributed by atoms with van der Waals surface area (Å²) in [4.78, 5) is 14.9. The minimum atomic E-state index is -0.504. The van der Waals surface area contributed by atoms with Crippen molar-refractivity contribution in [2.24, 2.45) is 0 Å². The number of rotatable bonds is 1. The Morgan fingerprint density at radius 1 is 1.27 bits per heavy atom. The molecule has 1 aliphatic heterocycles. The second kappa shape index (κ2) is 5.46. The van der Waals surface area contributed by atoms with E-state index in [-0.39, 0.29) is 5.82 Å². The number of benzene rings is 2. The number of halogens is 2. The van der Waals surface area contributed by atoms with Crippen molar-refractivity contribution in [3.63, 3.8) is 0 Å². The fraction of sp³-hybridized carbons (Fsp3) is 0.105. The van der Waals surface area contributed by atoms with E-state index in [4.69, 9.17) is 20.8 Å². The maximum absolute atomic E-state index is 13.6. The van der Waals surface area contributed by atoms with Crippen LogP contribution in [0.1, 0.15) is 29.0 Å². The van der Waals surface area contributed by atoms with Crippen molar-refractivity contribution in [2.45, 2.75) is 13.0 Å². The SMILES string of the molecule is CC1=Cc2cc3[nH]c(=O)oc3cc2C(c2sc3cc(F)ccc3c2Cl)O1. The van der Waals surface area contributed by atoms with E-state index in [0.717, 1.165) is 31.8 Å². The molecule has 0 saturated carbocycles. The molecular formula is C19H11ClFNO3S. The van der Waals surface area contributed by atoms with Gasteiger partial charge < -0.3 is 9.15 Å². The lowest BCUT2D eigenvalue weighted by molar-refractivity contribution is 0.153. The summed E-state index contributed by atoms with van der Waals surface area (Å²) in [5.74, 6) is -0.0814. The molecule has 2 aromatic carbocycles. The van der Waals surface area contributed by atoms with Crippen LogP contribution in [0.3, 0.4) is 0 Å². The molecule has 0 saturated heterocycles. The van der Waals surface area contributed by atoms with E-state index in [9.17, 15) is 9.18 Å². The summed E-state index contributed by atoms with van der Waals surface area (Å²) < 4.78 is 25.6. The van der Waals surface area contributed by atoms with E-state index < -0.39 is 11.9 Å². The number of H-pyrrole nitrogens is 1. The van der Waals surface area contributed by atoms with Crippen LogP contribution in [-0.4, -0.2) is 4.98 Å². The number of hydrogen-bond acceptors (Lipinski definition) is 4. The van der Waals surface area contributed by atoms with Crippen molar-refractivity contribution in [1.82, 2.24) is 4.98 Å². The Morgan fingerprint density at radius 2 is 2.12 bits per heavy atom. The number of ether oxygens (including phenoxy) is 1. The van der Waals surface area contributed by atoms with Gasteiger partial charge in [-0.05, 0) is 48.9 Å². The standard InChI is InChI=1S/C19H11ClFNO3S/c1-8-4-9-5-13-14(25-19(23)22-13)7-12(9)17(24-8)18-16(20)11-3-2-10(21)6-15(11)26-18/h2-7,17H,1H3,(H,22,23). The van der Waals surface area contributed by atoms with Crippen molar-refractivity contribution in [2.75, 3.05) is 0 Å². The fourth-order valence-electron chi connectivity index (χ4n) is 3.31. The highest BCUT2D eigenvalue weighted by molar-refractivity contribution is 7.19. The smallest absolute Gasteiger partial charge is 0.417 e. The molecule has 4 nitrogen and oxygen atoms in total. The zero-order valence-electron chi connectivity index (χ0n) is 13.4. The van der Waals surface area contributed by atoms with Gasteiger partial charge >= 0.3 is 5.76 Å². The molecule has 0 bridgehead atoms. The first kappa shape index (κ1) is 15.7. The molecule has 4 aromatic rings. The number of hydrogen-bond donors (Lipinski definition) is 1. The third kappa shape index (κ3) is 2.29. The third-order valence-electron chi connectivity index (χ3n) is 4.42. The van der Waals surface area contributed by atoms with Crippen LogP contribution < -0.4 is 5.76 Å². The quantitative estimate of drug-likeness (QED) is 0.462. The van der Waals surface area contributed by atoms with E-state index >= 15 is 0 Å². The molecule has 1 aliphatic rings. The number of nitrogens with one attached hydrogen (secondary N) is 1. The van der Waals surface area contributed by atoms with Gasteiger partial charge in [-0.15, -0.1) is 11.3 Å².